The van der Waals surface area contributed by atoms with E-state index in [0.29, 0.717) is 5.92 Å². The van der Waals surface area contributed by atoms with Gasteiger partial charge in [-0.2, -0.15) is 6.42 Å². The molecule has 0 N–H and O–H groups in total. The number of rotatable bonds is 4. The number of nitrogens with zero attached hydrogens (tertiary/aromatic N) is 1. The molecule has 0 aliphatic heterocycles. The van der Waals surface area contributed by atoms with E-state index < -0.39 is 0 Å². The molecule has 9 heavy (non-hydrogen) atoms. The maximum Gasteiger partial charge on any atom is -0.0407 e. The zero-order chi connectivity index (χ0) is 7.11. The molecule has 1 nitrogen and oxygen atoms in total. The fourth-order valence-electron chi connectivity index (χ4n) is 0.699. The van der Waals surface area contributed by atoms with Gasteiger partial charge in [0.25, 0.3) is 0 Å². The summed E-state index contributed by atoms with van der Waals surface area (Å²) in [5.41, 5.74) is 0. The van der Waals surface area contributed by atoms with Gasteiger partial charge in [-0.15, -0.1) is 0 Å². The Labute approximate surface area is 57.9 Å². The molecule has 0 saturated carbocycles. The van der Waals surface area contributed by atoms with E-state index in [1.165, 1.54) is 0 Å². The molecule has 0 bridgehead atoms. The van der Waals surface area contributed by atoms with Crippen LogP contribution in [-0.2, 0) is 0 Å². The molecule has 0 amide bonds. The zero-order valence-corrected chi connectivity index (χ0v) is 5.93. The predicted octanol–water partition coefficient (Wildman–Crippen LogP) is 2.71. The zero-order valence-electron chi connectivity index (χ0n) is 5.93. The number of hydrogen-bond donors (Lipinski definition) is 0. The van der Waals surface area contributed by atoms with Gasteiger partial charge in [-0.3, -0.25) is 6.57 Å². The molecular formula is C8H13N-2. The second-order valence-electron chi connectivity index (χ2n) is 2.29. The van der Waals surface area contributed by atoms with Crippen LogP contribution in [0.25, 0.3) is 4.85 Å². The van der Waals surface area contributed by atoms with Crippen LogP contribution in [0.15, 0.2) is 0 Å². The van der Waals surface area contributed by atoms with E-state index in [0.717, 1.165) is 19.3 Å². The van der Waals surface area contributed by atoms with E-state index in [1.54, 1.807) is 6.54 Å². The van der Waals surface area contributed by atoms with Crippen LogP contribution in [0.5, 0.6) is 0 Å². The van der Waals surface area contributed by atoms with Crippen molar-refractivity contribution in [1.82, 2.24) is 0 Å². The normalized spacial score (nSPS) is 12.1. The fourth-order valence-corrected chi connectivity index (χ4v) is 0.699. The summed E-state index contributed by atoms with van der Waals surface area (Å²) in [4.78, 5) is 3.16. The molecule has 0 fully saturated rings. The Kier molecular flexibility index (Phi) is 5.11. The predicted molar refractivity (Wildman–Crippen MR) is 39.3 cm³/mol. The van der Waals surface area contributed by atoms with Crippen molar-refractivity contribution in [2.75, 3.05) is 0 Å². The van der Waals surface area contributed by atoms with Crippen molar-refractivity contribution < 1.29 is 0 Å². The summed E-state index contributed by atoms with van der Waals surface area (Å²) in [7, 11) is 0. The van der Waals surface area contributed by atoms with Gasteiger partial charge < -0.3 is 11.8 Å². The summed E-state index contributed by atoms with van der Waals surface area (Å²) in [5.74, 6) is 0.636. The van der Waals surface area contributed by atoms with Crippen LogP contribution in [0.3, 0.4) is 0 Å². The van der Waals surface area contributed by atoms with Crippen molar-refractivity contribution in [3.05, 3.63) is 24.9 Å². The summed E-state index contributed by atoms with van der Waals surface area (Å²) in [6.45, 7) is 14.0. The van der Waals surface area contributed by atoms with Crippen LogP contribution < -0.4 is 0 Å². The lowest BCUT2D eigenvalue weighted by Gasteiger charge is -2.11. The lowest BCUT2D eigenvalue weighted by Crippen LogP contribution is -1.91. The Bertz CT molecular complexity index is 91.2. The Hall–Kier alpha value is -0.640. The highest BCUT2D eigenvalue weighted by molar-refractivity contribution is 4.77. The first-order chi connectivity index (χ1) is 4.31. The van der Waals surface area contributed by atoms with Gasteiger partial charge in [0.05, 0.1) is 0 Å². The topological polar surface area (TPSA) is 4.36 Å². The third kappa shape index (κ3) is 5.23. The molecule has 0 spiro atoms. The second kappa shape index (κ2) is 5.50. The van der Waals surface area contributed by atoms with E-state index >= 15 is 0 Å². The van der Waals surface area contributed by atoms with Gasteiger partial charge in [-0.25, -0.2) is 0 Å². The standard InChI is InChI=1S/C8H13N/c1-4-5-8(2)6-7-9-3/h7-8H,1,4-6H2,2H3/q-2. The lowest BCUT2D eigenvalue weighted by atomic mass is 10.0. The van der Waals surface area contributed by atoms with Crippen molar-refractivity contribution in [2.45, 2.75) is 26.2 Å². The third-order valence-electron chi connectivity index (χ3n) is 1.30. The van der Waals surface area contributed by atoms with Crippen molar-refractivity contribution in [2.24, 2.45) is 5.92 Å². The van der Waals surface area contributed by atoms with Gasteiger partial charge in [0.15, 0.2) is 0 Å². The highest BCUT2D eigenvalue weighted by Crippen LogP contribution is 2.10. The molecule has 0 saturated heterocycles. The van der Waals surface area contributed by atoms with E-state index in [-0.39, 0.29) is 0 Å². The second-order valence-corrected chi connectivity index (χ2v) is 2.29. The highest BCUT2D eigenvalue weighted by Gasteiger charge is 1.91. The van der Waals surface area contributed by atoms with E-state index in [4.69, 9.17) is 6.57 Å². The van der Waals surface area contributed by atoms with Gasteiger partial charge in [0.2, 0.25) is 0 Å². The molecule has 0 rings (SSSR count). The minimum Gasteiger partial charge on any atom is -0.461 e. The Balaban J connectivity index is 3.07. The Morgan fingerprint density at radius 1 is 1.78 bits per heavy atom. The quantitative estimate of drug-likeness (QED) is 0.506. The molecule has 1 unspecified atom stereocenters. The first kappa shape index (κ1) is 8.36. The van der Waals surface area contributed by atoms with Gasteiger partial charge in [-0.1, -0.05) is 25.7 Å². The van der Waals surface area contributed by atoms with Crippen LogP contribution >= 0.6 is 0 Å². The summed E-state index contributed by atoms with van der Waals surface area (Å²) in [6, 6.07) is 0. The maximum atomic E-state index is 6.48. The summed E-state index contributed by atoms with van der Waals surface area (Å²) < 4.78 is 0. The van der Waals surface area contributed by atoms with Crippen molar-refractivity contribution in [3.63, 3.8) is 0 Å². The molecular weight excluding hydrogens is 110 g/mol. The van der Waals surface area contributed by atoms with Gasteiger partial charge in [-0.05, 0) is 6.54 Å². The smallest absolute Gasteiger partial charge is 0.0407 e. The minimum absolute atomic E-state index is 0.636. The summed E-state index contributed by atoms with van der Waals surface area (Å²) in [6.07, 6.45) is 3.03. The summed E-state index contributed by atoms with van der Waals surface area (Å²) in [5, 5.41) is 0. The fraction of sp³-hybridized carbons (Fsp3) is 0.625. The van der Waals surface area contributed by atoms with E-state index in [1.807, 2.05) is 0 Å². The molecule has 0 heterocycles. The van der Waals surface area contributed by atoms with Crippen molar-refractivity contribution in [3.8, 4) is 0 Å². The average Bonchev–Trinajstić information content (AvgIpc) is 1.85. The third-order valence-corrected chi connectivity index (χ3v) is 1.30. The Morgan fingerprint density at radius 2 is 2.44 bits per heavy atom. The molecule has 0 aromatic heterocycles. The van der Waals surface area contributed by atoms with E-state index in [9.17, 15) is 0 Å². The molecule has 0 aliphatic rings. The first-order valence-corrected chi connectivity index (χ1v) is 3.28. The lowest BCUT2D eigenvalue weighted by molar-refractivity contribution is 0.534. The summed E-state index contributed by atoms with van der Waals surface area (Å²) >= 11 is 0. The van der Waals surface area contributed by atoms with Crippen LogP contribution in [0, 0.1) is 26.0 Å². The molecule has 1 heteroatoms. The molecule has 1 atom stereocenters. The van der Waals surface area contributed by atoms with Crippen LogP contribution in [0.4, 0.5) is 0 Å². The average molecular weight is 123 g/mol. The van der Waals surface area contributed by atoms with Crippen molar-refractivity contribution >= 4 is 0 Å². The molecule has 0 aromatic rings. The van der Waals surface area contributed by atoms with Gasteiger partial charge >= 0.3 is 0 Å². The minimum atomic E-state index is 0.636. The largest absolute Gasteiger partial charge is 0.461 e. The van der Waals surface area contributed by atoms with E-state index in [2.05, 4.69) is 18.7 Å². The Morgan fingerprint density at radius 3 is 2.89 bits per heavy atom. The van der Waals surface area contributed by atoms with Crippen LogP contribution in [-0.4, -0.2) is 0 Å². The monoisotopic (exact) mass is 123 g/mol. The van der Waals surface area contributed by atoms with Crippen LogP contribution in [0.2, 0.25) is 0 Å². The van der Waals surface area contributed by atoms with Crippen LogP contribution in [0.1, 0.15) is 26.2 Å². The first-order valence-electron chi connectivity index (χ1n) is 3.28. The molecule has 0 aliphatic carbocycles. The highest BCUT2D eigenvalue weighted by atomic mass is 14.6. The molecule has 52 valence electrons. The maximum absolute atomic E-state index is 6.48. The number of hydrogen-bond acceptors (Lipinski definition) is 0. The molecule has 0 aromatic carbocycles. The van der Waals surface area contributed by atoms with Gasteiger partial charge in [0, 0.05) is 0 Å². The molecule has 0 radical (unpaired) electrons. The van der Waals surface area contributed by atoms with Gasteiger partial charge in [0.1, 0.15) is 0 Å². The SMILES string of the molecule is [C-]#[N+][CH-]CC(C)CC[CH2-]. The van der Waals surface area contributed by atoms with Crippen molar-refractivity contribution in [1.29, 1.82) is 0 Å².